The van der Waals surface area contributed by atoms with Gasteiger partial charge in [-0.2, -0.15) is 13.2 Å². The second kappa shape index (κ2) is 7.89. The summed E-state index contributed by atoms with van der Waals surface area (Å²) in [6, 6.07) is 9.87. The zero-order chi connectivity index (χ0) is 18.4. The van der Waals surface area contributed by atoms with Crippen LogP contribution in [0.5, 0.6) is 5.75 Å². The van der Waals surface area contributed by atoms with Crippen molar-refractivity contribution in [1.29, 1.82) is 0 Å². The molecule has 0 radical (unpaired) electrons. The maximum Gasteiger partial charge on any atom is 0.416 e. The Morgan fingerprint density at radius 1 is 0.960 bits per heavy atom. The lowest BCUT2D eigenvalue weighted by molar-refractivity contribution is -0.137. The van der Waals surface area contributed by atoms with Crippen molar-refractivity contribution in [3.63, 3.8) is 0 Å². The van der Waals surface area contributed by atoms with Gasteiger partial charge in [0.05, 0.1) is 5.56 Å². The van der Waals surface area contributed by atoms with Crippen LogP contribution in [0.2, 0.25) is 5.02 Å². The average Bonchev–Trinajstić information content (AvgIpc) is 2.58. The van der Waals surface area contributed by atoms with Gasteiger partial charge in [-0.05, 0) is 48.5 Å². The van der Waals surface area contributed by atoms with Crippen LogP contribution in [-0.4, -0.2) is 18.4 Å². The lowest BCUT2D eigenvalue weighted by atomic mass is 10.2. The van der Waals surface area contributed by atoms with E-state index in [1.165, 1.54) is 24.3 Å². The van der Waals surface area contributed by atoms with Crippen molar-refractivity contribution in [2.75, 3.05) is 6.61 Å². The van der Waals surface area contributed by atoms with E-state index >= 15 is 0 Å². The van der Waals surface area contributed by atoms with Crippen LogP contribution in [0.25, 0.3) is 0 Å². The molecule has 5 nitrogen and oxygen atoms in total. The molecule has 2 rings (SSSR count). The number of rotatable bonds is 4. The molecule has 0 aliphatic rings. The van der Waals surface area contributed by atoms with Crippen LogP contribution in [0.4, 0.5) is 13.2 Å². The highest BCUT2D eigenvalue weighted by Gasteiger charge is 2.30. The van der Waals surface area contributed by atoms with E-state index in [4.69, 9.17) is 16.3 Å². The fourth-order valence-electron chi connectivity index (χ4n) is 1.73. The van der Waals surface area contributed by atoms with E-state index in [1.54, 1.807) is 0 Å². The summed E-state index contributed by atoms with van der Waals surface area (Å²) in [5, 5.41) is 0.463. The molecular weight excluding hydrogens is 361 g/mol. The Labute approximate surface area is 145 Å². The molecule has 0 aromatic heterocycles. The molecule has 9 heteroatoms. The number of amides is 2. The van der Waals surface area contributed by atoms with Gasteiger partial charge in [0.2, 0.25) is 0 Å². The van der Waals surface area contributed by atoms with Crippen molar-refractivity contribution < 1.29 is 27.5 Å². The smallest absolute Gasteiger partial charge is 0.416 e. The van der Waals surface area contributed by atoms with Gasteiger partial charge in [0.1, 0.15) is 5.75 Å². The molecule has 2 amide bonds. The number of hydrogen-bond donors (Lipinski definition) is 2. The third kappa shape index (κ3) is 5.68. The van der Waals surface area contributed by atoms with Crippen LogP contribution in [-0.2, 0) is 11.0 Å². The lowest BCUT2D eigenvalue weighted by Crippen LogP contribution is -2.43. The summed E-state index contributed by atoms with van der Waals surface area (Å²) in [5.74, 6) is -1.14. The molecule has 0 saturated carbocycles. The van der Waals surface area contributed by atoms with Crippen molar-refractivity contribution in [2.24, 2.45) is 0 Å². The van der Waals surface area contributed by atoms with E-state index in [-0.39, 0.29) is 11.3 Å². The third-order valence-corrected chi connectivity index (χ3v) is 3.23. The molecule has 132 valence electrons. The summed E-state index contributed by atoms with van der Waals surface area (Å²) in [4.78, 5) is 23.3. The van der Waals surface area contributed by atoms with Crippen LogP contribution in [0.3, 0.4) is 0 Å². The Hall–Kier alpha value is -2.74. The standard InChI is InChI=1S/C16H12ClF3N2O3/c17-12-5-1-10(2-6-12)15(24)22-21-14(23)9-25-13-7-3-11(4-8-13)16(18,19)20/h1-8H,9H2,(H,21,23)(H,22,24). The number of carbonyl (C=O) groups excluding carboxylic acids is 2. The van der Waals surface area contributed by atoms with Crippen LogP contribution >= 0.6 is 11.6 Å². The van der Waals surface area contributed by atoms with E-state index in [2.05, 4.69) is 10.9 Å². The fraction of sp³-hybridized carbons (Fsp3) is 0.125. The molecule has 0 aliphatic carbocycles. The molecule has 0 saturated heterocycles. The van der Waals surface area contributed by atoms with Gasteiger partial charge in [-0.15, -0.1) is 0 Å². The van der Waals surface area contributed by atoms with Crippen molar-refractivity contribution in [1.82, 2.24) is 10.9 Å². The van der Waals surface area contributed by atoms with Gasteiger partial charge in [-0.25, -0.2) is 0 Å². The van der Waals surface area contributed by atoms with Crippen molar-refractivity contribution >= 4 is 23.4 Å². The molecule has 0 aliphatic heterocycles. The van der Waals surface area contributed by atoms with E-state index in [1.807, 2.05) is 0 Å². The van der Waals surface area contributed by atoms with Gasteiger partial charge in [0, 0.05) is 10.6 Å². The first-order valence-electron chi connectivity index (χ1n) is 6.90. The predicted octanol–water partition coefficient (Wildman–Crippen LogP) is 3.20. The number of hydrazine groups is 1. The van der Waals surface area contributed by atoms with Crippen molar-refractivity contribution in [3.8, 4) is 5.75 Å². The van der Waals surface area contributed by atoms with E-state index in [9.17, 15) is 22.8 Å². The van der Waals surface area contributed by atoms with E-state index < -0.39 is 30.2 Å². The normalized spacial score (nSPS) is 10.9. The van der Waals surface area contributed by atoms with Gasteiger partial charge in [0.15, 0.2) is 6.61 Å². The van der Waals surface area contributed by atoms with Crippen LogP contribution in [0, 0.1) is 0 Å². The van der Waals surface area contributed by atoms with Gasteiger partial charge < -0.3 is 4.74 Å². The molecule has 0 bridgehead atoms. The lowest BCUT2D eigenvalue weighted by Gasteiger charge is -2.10. The molecule has 0 fully saturated rings. The molecule has 0 unspecified atom stereocenters. The number of ether oxygens (including phenoxy) is 1. The second-order valence-electron chi connectivity index (χ2n) is 4.82. The fourth-order valence-corrected chi connectivity index (χ4v) is 1.85. The Balaban J connectivity index is 1.79. The summed E-state index contributed by atoms with van der Waals surface area (Å²) in [6.45, 7) is -0.480. The molecular formula is C16H12ClF3N2O3. The van der Waals surface area contributed by atoms with Crippen LogP contribution in [0.1, 0.15) is 15.9 Å². The zero-order valence-electron chi connectivity index (χ0n) is 12.6. The summed E-state index contributed by atoms with van der Waals surface area (Å²) < 4.78 is 42.3. The highest BCUT2D eigenvalue weighted by molar-refractivity contribution is 6.30. The molecule has 0 spiro atoms. The minimum atomic E-state index is -4.44. The topological polar surface area (TPSA) is 67.4 Å². The maximum atomic E-state index is 12.4. The zero-order valence-corrected chi connectivity index (χ0v) is 13.3. The molecule has 2 N–H and O–H groups in total. The summed E-state index contributed by atoms with van der Waals surface area (Å²) in [5.41, 5.74) is 3.76. The van der Waals surface area contributed by atoms with Gasteiger partial charge in [-0.3, -0.25) is 20.4 Å². The van der Waals surface area contributed by atoms with E-state index in [0.29, 0.717) is 5.02 Å². The number of halogens is 4. The van der Waals surface area contributed by atoms with Crippen molar-refractivity contribution in [2.45, 2.75) is 6.18 Å². The third-order valence-electron chi connectivity index (χ3n) is 2.97. The molecule has 0 atom stereocenters. The summed E-state index contributed by atoms with van der Waals surface area (Å²) >= 11 is 5.70. The van der Waals surface area contributed by atoms with Crippen molar-refractivity contribution in [3.05, 3.63) is 64.7 Å². The molecule has 25 heavy (non-hydrogen) atoms. The Bertz CT molecular complexity index is 747. The Morgan fingerprint density at radius 3 is 2.12 bits per heavy atom. The van der Waals surface area contributed by atoms with Gasteiger partial charge in [0.25, 0.3) is 11.8 Å². The molecule has 2 aromatic rings. The van der Waals surface area contributed by atoms with Crippen LogP contribution in [0.15, 0.2) is 48.5 Å². The van der Waals surface area contributed by atoms with Crippen LogP contribution < -0.4 is 15.6 Å². The average molecular weight is 373 g/mol. The van der Waals surface area contributed by atoms with E-state index in [0.717, 1.165) is 24.3 Å². The first kappa shape index (κ1) is 18.6. The highest BCUT2D eigenvalue weighted by Crippen LogP contribution is 2.30. The monoisotopic (exact) mass is 372 g/mol. The number of carbonyl (C=O) groups is 2. The highest BCUT2D eigenvalue weighted by atomic mass is 35.5. The first-order valence-corrected chi connectivity index (χ1v) is 7.28. The number of alkyl halides is 3. The Kier molecular flexibility index (Phi) is 5.87. The number of nitrogens with one attached hydrogen (secondary N) is 2. The minimum Gasteiger partial charge on any atom is -0.484 e. The largest absolute Gasteiger partial charge is 0.484 e. The minimum absolute atomic E-state index is 0.0900. The second-order valence-corrected chi connectivity index (χ2v) is 5.26. The molecule has 2 aromatic carbocycles. The van der Waals surface area contributed by atoms with Gasteiger partial charge >= 0.3 is 6.18 Å². The molecule has 0 heterocycles. The number of hydrogen-bond acceptors (Lipinski definition) is 3. The summed E-state index contributed by atoms with van der Waals surface area (Å²) in [6.07, 6.45) is -4.44. The Morgan fingerprint density at radius 2 is 1.56 bits per heavy atom. The summed E-state index contributed by atoms with van der Waals surface area (Å²) in [7, 11) is 0. The number of benzene rings is 2. The predicted molar refractivity (Wildman–Crippen MR) is 84.0 cm³/mol. The first-order chi connectivity index (χ1) is 11.8. The SMILES string of the molecule is O=C(COc1ccc(C(F)(F)F)cc1)NNC(=O)c1ccc(Cl)cc1. The maximum absolute atomic E-state index is 12.4. The van der Waals surface area contributed by atoms with Gasteiger partial charge in [-0.1, -0.05) is 11.6 Å². The quantitative estimate of drug-likeness (QED) is 0.810.